The van der Waals surface area contributed by atoms with Crippen LogP contribution in [0.5, 0.6) is 0 Å². The van der Waals surface area contributed by atoms with Gasteiger partial charge in [-0.15, -0.1) is 0 Å². The number of ether oxygens (including phenoxy) is 1. The summed E-state index contributed by atoms with van der Waals surface area (Å²) in [6, 6.07) is 5.24. The van der Waals surface area contributed by atoms with Crippen LogP contribution in [0, 0.1) is 10.1 Å². The van der Waals surface area contributed by atoms with Crippen molar-refractivity contribution in [3.05, 3.63) is 39.9 Å². The standard InChI is InChI=1S/C12H15N3O4/c13-7-5-9(14)11(6-7)19-12(16)8-3-1-2-4-10(8)15(17)18/h1-4,7,9,11H,5-6,13-14H2/t7-,9+,11+/m0/s1. The summed E-state index contributed by atoms with van der Waals surface area (Å²) in [5.74, 6) is -0.734. The van der Waals surface area contributed by atoms with E-state index in [0.29, 0.717) is 12.8 Å². The second-order valence-electron chi connectivity index (χ2n) is 4.61. The quantitative estimate of drug-likeness (QED) is 0.468. The Bertz CT molecular complexity index is 506. The van der Waals surface area contributed by atoms with E-state index in [0.717, 1.165) is 0 Å². The highest BCUT2D eigenvalue weighted by molar-refractivity contribution is 5.94. The average Bonchev–Trinajstić information content (AvgIpc) is 2.67. The molecule has 0 spiro atoms. The molecule has 1 fully saturated rings. The van der Waals surface area contributed by atoms with Crippen molar-refractivity contribution in [2.75, 3.05) is 0 Å². The summed E-state index contributed by atoms with van der Waals surface area (Å²) in [4.78, 5) is 22.2. The predicted molar refractivity (Wildman–Crippen MR) is 67.5 cm³/mol. The highest BCUT2D eigenvalue weighted by atomic mass is 16.6. The van der Waals surface area contributed by atoms with Crippen molar-refractivity contribution in [3.63, 3.8) is 0 Å². The lowest BCUT2D eigenvalue weighted by Crippen LogP contribution is -2.33. The Morgan fingerprint density at radius 3 is 2.58 bits per heavy atom. The van der Waals surface area contributed by atoms with Crippen LogP contribution in [0.25, 0.3) is 0 Å². The normalized spacial score (nSPS) is 26.1. The van der Waals surface area contributed by atoms with E-state index in [1.165, 1.54) is 18.2 Å². The molecule has 2 rings (SSSR count). The van der Waals surface area contributed by atoms with Crippen molar-refractivity contribution in [1.82, 2.24) is 0 Å². The fourth-order valence-corrected chi connectivity index (χ4v) is 2.21. The molecule has 3 atom stereocenters. The summed E-state index contributed by atoms with van der Waals surface area (Å²) < 4.78 is 5.22. The van der Waals surface area contributed by atoms with Crippen LogP contribution in [0.2, 0.25) is 0 Å². The van der Waals surface area contributed by atoms with Crippen LogP contribution in [0.4, 0.5) is 5.69 Å². The monoisotopic (exact) mass is 265 g/mol. The third-order valence-corrected chi connectivity index (χ3v) is 3.17. The molecule has 1 aliphatic rings. The minimum absolute atomic E-state index is 0.0693. The highest BCUT2D eigenvalue weighted by Gasteiger charge is 2.34. The number of nitrogens with two attached hydrogens (primary N) is 2. The first-order valence-corrected chi connectivity index (χ1v) is 5.94. The molecular formula is C12H15N3O4. The molecule has 7 heteroatoms. The summed E-state index contributed by atoms with van der Waals surface area (Å²) in [5, 5.41) is 10.8. The lowest BCUT2D eigenvalue weighted by atomic mass is 10.1. The maximum Gasteiger partial charge on any atom is 0.345 e. The van der Waals surface area contributed by atoms with Gasteiger partial charge in [-0.05, 0) is 12.5 Å². The van der Waals surface area contributed by atoms with Crippen molar-refractivity contribution in [3.8, 4) is 0 Å². The molecule has 0 heterocycles. The Kier molecular flexibility index (Phi) is 3.77. The third kappa shape index (κ3) is 2.88. The first-order chi connectivity index (χ1) is 8.99. The van der Waals surface area contributed by atoms with Gasteiger partial charge in [-0.1, -0.05) is 12.1 Å². The number of rotatable bonds is 3. The molecule has 0 amide bonds. The number of benzene rings is 1. The van der Waals surface area contributed by atoms with Crippen molar-refractivity contribution < 1.29 is 14.5 Å². The third-order valence-electron chi connectivity index (χ3n) is 3.17. The molecule has 7 nitrogen and oxygen atoms in total. The van der Waals surface area contributed by atoms with Gasteiger partial charge >= 0.3 is 5.97 Å². The molecule has 1 aromatic rings. The molecule has 0 unspecified atom stereocenters. The Morgan fingerprint density at radius 1 is 1.32 bits per heavy atom. The summed E-state index contributed by atoms with van der Waals surface area (Å²) in [5.41, 5.74) is 11.2. The molecule has 0 saturated heterocycles. The molecule has 4 N–H and O–H groups in total. The molecule has 0 aromatic heterocycles. The zero-order chi connectivity index (χ0) is 14.0. The molecule has 102 valence electrons. The second-order valence-corrected chi connectivity index (χ2v) is 4.61. The molecule has 0 radical (unpaired) electrons. The maximum atomic E-state index is 12.0. The minimum Gasteiger partial charge on any atom is -0.457 e. The van der Waals surface area contributed by atoms with E-state index in [9.17, 15) is 14.9 Å². The van der Waals surface area contributed by atoms with Gasteiger partial charge in [-0.2, -0.15) is 0 Å². The molecule has 1 aliphatic carbocycles. The highest BCUT2D eigenvalue weighted by Crippen LogP contribution is 2.24. The summed E-state index contributed by atoms with van der Waals surface area (Å²) in [7, 11) is 0. The van der Waals surface area contributed by atoms with E-state index in [2.05, 4.69) is 0 Å². The number of hydrogen-bond donors (Lipinski definition) is 2. The Hall–Kier alpha value is -1.99. The number of nitro benzene ring substituents is 1. The molecule has 0 bridgehead atoms. The van der Waals surface area contributed by atoms with Crippen LogP contribution in [0.1, 0.15) is 23.2 Å². The lowest BCUT2D eigenvalue weighted by molar-refractivity contribution is -0.385. The number of nitro groups is 1. The SMILES string of the molecule is N[C@H]1C[C@@H](N)[C@H](OC(=O)c2ccccc2[N+](=O)[O-])C1. The first kappa shape index (κ1) is 13.4. The molecule has 1 aromatic carbocycles. The van der Waals surface area contributed by atoms with Crippen molar-refractivity contribution in [1.29, 1.82) is 0 Å². The van der Waals surface area contributed by atoms with Crippen molar-refractivity contribution in [2.24, 2.45) is 11.5 Å². The van der Waals surface area contributed by atoms with Crippen LogP contribution in [-0.2, 0) is 4.74 Å². The van der Waals surface area contributed by atoms with Crippen LogP contribution in [0.3, 0.4) is 0 Å². The van der Waals surface area contributed by atoms with Gasteiger partial charge in [0.15, 0.2) is 0 Å². The van der Waals surface area contributed by atoms with E-state index in [4.69, 9.17) is 16.2 Å². The molecule has 19 heavy (non-hydrogen) atoms. The summed E-state index contributed by atoms with van der Waals surface area (Å²) in [6.07, 6.45) is 0.574. The predicted octanol–water partition coefficient (Wildman–Crippen LogP) is 0.569. The van der Waals surface area contributed by atoms with E-state index in [-0.39, 0.29) is 23.3 Å². The van der Waals surface area contributed by atoms with Gasteiger partial charge in [0.05, 0.1) is 4.92 Å². The number of carbonyl (C=O) groups excluding carboxylic acids is 1. The fraction of sp³-hybridized carbons (Fsp3) is 0.417. The number of para-hydroxylation sites is 1. The van der Waals surface area contributed by atoms with Crippen LogP contribution < -0.4 is 11.5 Å². The molecule has 0 aliphatic heterocycles. The largest absolute Gasteiger partial charge is 0.457 e. The number of carbonyl (C=O) groups is 1. The summed E-state index contributed by atoms with van der Waals surface area (Å²) >= 11 is 0. The molecular weight excluding hydrogens is 250 g/mol. The minimum atomic E-state index is -0.734. The van der Waals surface area contributed by atoms with E-state index in [1.807, 2.05) is 0 Å². The fourth-order valence-electron chi connectivity index (χ4n) is 2.21. The van der Waals surface area contributed by atoms with Gasteiger partial charge in [0, 0.05) is 24.6 Å². The lowest BCUT2D eigenvalue weighted by Gasteiger charge is -2.16. The molecule has 1 saturated carbocycles. The van der Waals surface area contributed by atoms with Crippen LogP contribution >= 0.6 is 0 Å². The Labute approximate surface area is 109 Å². The number of esters is 1. The van der Waals surface area contributed by atoms with E-state index < -0.39 is 17.0 Å². The van der Waals surface area contributed by atoms with E-state index in [1.54, 1.807) is 6.07 Å². The number of nitrogens with zero attached hydrogens (tertiary/aromatic N) is 1. The van der Waals surface area contributed by atoms with Crippen molar-refractivity contribution in [2.45, 2.75) is 31.0 Å². The topological polar surface area (TPSA) is 121 Å². The van der Waals surface area contributed by atoms with Crippen molar-refractivity contribution >= 4 is 11.7 Å². The maximum absolute atomic E-state index is 12.0. The van der Waals surface area contributed by atoms with Gasteiger partial charge in [0.1, 0.15) is 11.7 Å². The van der Waals surface area contributed by atoms with Gasteiger partial charge in [0.2, 0.25) is 0 Å². The van der Waals surface area contributed by atoms with Gasteiger partial charge in [-0.25, -0.2) is 4.79 Å². The van der Waals surface area contributed by atoms with Gasteiger partial charge < -0.3 is 16.2 Å². The Morgan fingerprint density at radius 2 is 2.00 bits per heavy atom. The van der Waals surface area contributed by atoms with E-state index >= 15 is 0 Å². The van der Waals surface area contributed by atoms with Crippen LogP contribution in [0.15, 0.2) is 24.3 Å². The second kappa shape index (κ2) is 5.33. The first-order valence-electron chi connectivity index (χ1n) is 5.94. The smallest absolute Gasteiger partial charge is 0.345 e. The number of hydrogen-bond acceptors (Lipinski definition) is 6. The Balaban J connectivity index is 2.14. The zero-order valence-corrected chi connectivity index (χ0v) is 10.2. The zero-order valence-electron chi connectivity index (χ0n) is 10.2. The summed E-state index contributed by atoms with van der Waals surface area (Å²) in [6.45, 7) is 0. The van der Waals surface area contributed by atoms with Gasteiger partial charge in [-0.3, -0.25) is 10.1 Å². The van der Waals surface area contributed by atoms with Gasteiger partial charge in [0.25, 0.3) is 5.69 Å². The average molecular weight is 265 g/mol. The van der Waals surface area contributed by atoms with Crippen LogP contribution in [-0.4, -0.2) is 29.1 Å².